The molecular formula is C24H24N2O6. The van der Waals surface area contributed by atoms with Crippen LogP contribution in [0.4, 0.5) is 0 Å². The van der Waals surface area contributed by atoms with Gasteiger partial charge in [0.2, 0.25) is 5.56 Å². The largest absolute Gasteiger partial charge is 0.506 e. The number of phenols is 1. The Morgan fingerprint density at radius 2 is 1.81 bits per heavy atom. The van der Waals surface area contributed by atoms with Gasteiger partial charge in [0.1, 0.15) is 18.3 Å². The highest BCUT2D eigenvalue weighted by atomic mass is 16.5. The Kier molecular flexibility index (Phi) is 5.71. The lowest BCUT2D eigenvalue weighted by Crippen LogP contribution is -2.45. The van der Waals surface area contributed by atoms with Crippen LogP contribution in [0.1, 0.15) is 36.1 Å². The predicted molar refractivity (Wildman–Crippen MR) is 118 cm³/mol. The third-order valence-electron chi connectivity index (χ3n) is 5.82. The van der Waals surface area contributed by atoms with Crippen LogP contribution in [0.3, 0.4) is 0 Å². The summed E-state index contributed by atoms with van der Waals surface area (Å²) in [5.41, 5.74) is 2.67. The number of aromatic hydroxyl groups is 1. The summed E-state index contributed by atoms with van der Waals surface area (Å²) in [5.74, 6) is -2.25. The number of carboxylic acid groups (broad SMARTS) is 1. The van der Waals surface area contributed by atoms with E-state index in [-0.39, 0.29) is 28.9 Å². The van der Waals surface area contributed by atoms with E-state index in [2.05, 4.69) is 29.4 Å². The molecule has 1 aromatic heterocycles. The van der Waals surface area contributed by atoms with Crippen LogP contribution in [-0.2, 0) is 27.2 Å². The van der Waals surface area contributed by atoms with Crippen molar-refractivity contribution in [3.63, 3.8) is 0 Å². The molecule has 0 amide bonds. The monoisotopic (exact) mass is 436 g/mol. The van der Waals surface area contributed by atoms with Gasteiger partial charge in [-0.3, -0.25) is 14.4 Å². The lowest BCUT2D eigenvalue weighted by molar-refractivity contribution is -0.155. The SMILES string of the molecule is CC1(NC[C@H](OC(=O)CC(=O)O)c2ccc(O)c3[nH]c(=O)ccc23)Cc2ccccc2C1. The zero-order chi connectivity index (χ0) is 22.9. The number of carbonyl (C=O) groups is 2. The summed E-state index contributed by atoms with van der Waals surface area (Å²) in [6.45, 7) is 2.32. The molecule has 1 heterocycles. The third-order valence-corrected chi connectivity index (χ3v) is 5.82. The Morgan fingerprint density at radius 3 is 2.47 bits per heavy atom. The van der Waals surface area contributed by atoms with E-state index in [0.29, 0.717) is 10.9 Å². The van der Waals surface area contributed by atoms with Crippen LogP contribution < -0.4 is 10.9 Å². The van der Waals surface area contributed by atoms with E-state index in [1.54, 1.807) is 12.1 Å². The molecule has 1 aliphatic carbocycles. The summed E-state index contributed by atoms with van der Waals surface area (Å²) in [5, 5.41) is 23.1. The molecule has 0 spiro atoms. The molecule has 1 atom stereocenters. The van der Waals surface area contributed by atoms with Crippen LogP contribution in [0.15, 0.2) is 53.3 Å². The number of fused-ring (bicyclic) bond motifs is 2. The van der Waals surface area contributed by atoms with E-state index in [0.717, 1.165) is 12.8 Å². The first-order valence-electron chi connectivity index (χ1n) is 10.3. The minimum absolute atomic E-state index is 0.108. The lowest BCUT2D eigenvalue weighted by atomic mass is 9.96. The highest BCUT2D eigenvalue weighted by molar-refractivity contribution is 5.91. The molecule has 2 aromatic carbocycles. The highest BCUT2D eigenvalue weighted by Gasteiger charge is 2.33. The Morgan fingerprint density at radius 1 is 1.12 bits per heavy atom. The van der Waals surface area contributed by atoms with Crippen molar-refractivity contribution in [1.29, 1.82) is 0 Å². The van der Waals surface area contributed by atoms with E-state index in [4.69, 9.17) is 9.84 Å². The molecule has 4 N–H and O–H groups in total. The number of hydrogen-bond donors (Lipinski definition) is 4. The standard InChI is InChI=1S/C24H24N2O6/c1-24(11-14-4-2-3-5-15(14)12-24)25-13-19(32-22(31)10-21(29)30)16-6-8-18(27)23-17(16)7-9-20(28)26-23/h2-9,19,25,27H,10-13H2,1H3,(H,26,28)(H,29,30)/t19-/m0/s1. The number of pyridine rings is 1. The number of hydrogen-bond acceptors (Lipinski definition) is 6. The molecule has 8 nitrogen and oxygen atoms in total. The van der Waals surface area contributed by atoms with Crippen LogP contribution in [0.25, 0.3) is 10.9 Å². The quantitative estimate of drug-likeness (QED) is 0.331. The van der Waals surface area contributed by atoms with Gasteiger partial charge in [-0.2, -0.15) is 0 Å². The molecule has 0 bridgehead atoms. The fourth-order valence-corrected chi connectivity index (χ4v) is 4.35. The summed E-state index contributed by atoms with van der Waals surface area (Å²) in [7, 11) is 0. The predicted octanol–water partition coefficient (Wildman–Crippen LogP) is 2.44. The van der Waals surface area contributed by atoms with Crippen molar-refractivity contribution in [2.75, 3.05) is 6.54 Å². The maximum Gasteiger partial charge on any atom is 0.317 e. The van der Waals surface area contributed by atoms with Crippen LogP contribution in [-0.4, -0.2) is 39.2 Å². The average Bonchev–Trinajstić information content (AvgIpc) is 3.08. The number of phenolic OH excluding ortho intramolecular Hbond substituents is 1. The summed E-state index contributed by atoms with van der Waals surface area (Å²) in [6.07, 6.45) is 0.0356. The van der Waals surface area contributed by atoms with Gasteiger partial charge in [-0.05, 0) is 43.0 Å². The van der Waals surface area contributed by atoms with Crippen molar-refractivity contribution < 1.29 is 24.5 Å². The second-order valence-corrected chi connectivity index (χ2v) is 8.40. The van der Waals surface area contributed by atoms with Gasteiger partial charge in [0.15, 0.2) is 0 Å². The lowest BCUT2D eigenvalue weighted by Gasteiger charge is -2.29. The van der Waals surface area contributed by atoms with Crippen LogP contribution in [0.5, 0.6) is 5.75 Å². The minimum atomic E-state index is -1.28. The number of ether oxygens (including phenoxy) is 1. The Hall–Kier alpha value is -3.65. The maximum atomic E-state index is 12.2. The van der Waals surface area contributed by atoms with E-state index < -0.39 is 24.5 Å². The zero-order valence-electron chi connectivity index (χ0n) is 17.6. The van der Waals surface area contributed by atoms with Gasteiger partial charge >= 0.3 is 11.9 Å². The van der Waals surface area contributed by atoms with E-state index >= 15 is 0 Å². The normalized spacial score (nSPS) is 15.3. The Balaban J connectivity index is 1.64. The van der Waals surface area contributed by atoms with Crippen molar-refractivity contribution in [1.82, 2.24) is 10.3 Å². The third kappa shape index (κ3) is 4.50. The van der Waals surface area contributed by atoms with Gasteiger partial charge in [0, 0.05) is 29.1 Å². The second-order valence-electron chi connectivity index (χ2n) is 8.40. The first kappa shape index (κ1) is 21.6. The van der Waals surface area contributed by atoms with Crippen molar-refractivity contribution in [3.05, 3.63) is 75.6 Å². The number of carboxylic acids is 1. The Labute approximate surface area is 183 Å². The highest BCUT2D eigenvalue weighted by Crippen LogP contribution is 2.33. The smallest absolute Gasteiger partial charge is 0.317 e. The van der Waals surface area contributed by atoms with E-state index in [1.807, 2.05) is 12.1 Å². The van der Waals surface area contributed by atoms with Crippen LogP contribution in [0.2, 0.25) is 0 Å². The summed E-state index contributed by atoms with van der Waals surface area (Å²) in [6, 6.07) is 14.1. The number of benzene rings is 2. The molecule has 32 heavy (non-hydrogen) atoms. The average molecular weight is 436 g/mol. The van der Waals surface area contributed by atoms with Crippen LogP contribution >= 0.6 is 0 Å². The van der Waals surface area contributed by atoms with Crippen molar-refractivity contribution in [2.45, 2.75) is 37.8 Å². The van der Waals surface area contributed by atoms with Gasteiger partial charge in [0.05, 0.1) is 5.52 Å². The van der Waals surface area contributed by atoms with Gasteiger partial charge in [-0.25, -0.2) is 0 Å². The van der Waals surface area contributed by atoms with Gasteiger partial charge in [-0.1, -0.05) is 30.3 Å². The van der Waals surface area contributed by atoms with Crippen molar-refractivity contribution in [3.8, 4) is 5.75 Å². The molecule has 0 unspecified atom stereocenters. The van der Waals surface area contributed by atoms with E-state index in [1.165, 1.54) is 23.3 Å². The number of carbonyl (C=O) groups excluding carboxylic acids is 1. The number of aliphatic carboxylic acids is 1. The fraction of sp³-hybridized carbons (Fsp3) is 0.292. The minimum Gasteiger partial charge on any atom is -0.506 e. The first-order valence-corrected chi connectivity index (χ1v) is 10.3. The van der Waals surface area contributed by atoms with Crippen molar-refractivity contribution in [2.24, 2.45) is 0 Å². The summed E-state index contributed by atoms with van der Waals surface area (Å²) in [4.78, 5) is 37.5. The van der Waals surface area contributed by atoms with E-state index in [9.17, 15) is 19.5 Å². The maximum absolute atomic E-state index is 12.2. The van der Waals surface area contributed by atoms with Crippen molar-refractivity contribution >= 4 is 22.8 Å². The van der Waals surface area contributed by atoms with Crippen LogP contribution in [0, 0.1) is 0 Å². The summed E-state index contributed by atoms with van der Waals surface area (Å²) < 4.78 is 5.55. The molecule has 166 valence electrons. The fourth-order valence-electron chi connectivity index (χ4n) is 4.35. The molecule has 1 aliphatic rings. The van der Waals surface area contributed by atoms with Gasteiger partial charge < -0.3 is 25.3 Å². The topological polar surface area (TPSA) is 129 Å². The molecule has 0 fully saturated rings. The number of H-pyrrole nitrogens is 1. The number of rotatable bonds is 7. The molecule has 3 aromatic rings. The number of aromatic nitrogens is 1. The Bertz CT molecular complexity index is 1220. The number of nitrogens with one attached hydrogen (secondary N) is 2. The second kappa shape index (κ2) is 8.47. The number of esters is 1. The number of aromatic amines is 1. The molecule has 8 heteroatoms. The molecular weight excluding hydrogens is 412 g/mol. The molecule has 0 saturated carbocycles. The van der Waals surface area contributed by atoms with Gasteiger partial charge in [0.25, 0.3) is 0 Å². The van der Waals surface area contributed by atoms with Gasteiger partial charge in [-0.15, -0.1) is 0 Å². The molecule has 4 rings (SSSR count). The molecule has 0 aliphatic heterocycles. The molecule has 0 saturated heterocycles. The summed E-state index contributed by atoms with van der Waals surface area (Å²) >= 11 is 0. The zero-order valence-corrected chi connectivity index (χ0v) is 17.6. The first-order chi connectivity index (χ1) is 15.2. The molecule has 0 radical (unpaired) electrons.